The summed E-state index contributed by atoms with van der Waals surface area (Å²) in [6.45, 7) is 3.28. The Morgan fingerprint density at radius 2 is 2.00 bits per heavy atom. The Morgan fingerprint density at radius 3 is 2.77 bits per heavy atom. The molecule has 2 aliphatic rings. The Labute approximate surface area is 154 Å². The molecule has 1 saturated carbocycles. The lowest BCUT2D eigenvalue weighted by Crippen LogP contribution is -2.43. The van der Waals surface area contributed by atoms with E-state index in [0.717, 1.165) is 50.1 Å². The molecule has 0 N–H and O–H groups in total. The molecule has 0 unspecified atom stereocenters. The summed E-state index contributed by atoms with van der Waals surface area (Å²) in [6.07, 6.45) is 6.02. The maximum absolute atomic E-state index is 5.96. The predicted octanol–water partition coefficient (Wildman–Crippen LogP) is 3.18. The second-order valence-electron chi connectivity index (χ2n) is 7.31. The van der Waals surface area contributed by atoms with Crippen molar-refractivity contribution in [2.24, 2.45) is 0 Å². The lowest BCUT2D eigenvalue weighted by Gasteiger charge is -2.32. The molecule has 1 aliphatic carbocycles. The van der Waals surface area contributed by atoms with Crippen molar-refractivity contribution in [3.63, 3.8) is 0 Å². The third-order valence-corrected chi connectivity index (χ3v) is 5.40. The van der Waals surface area contributed by atoms with Crippen molar-refractivity contribution in [1.29, 1.82) is 0 Å². The summed E-state index contributed by atoms with van der Waals surface area (Å²) in [5.41, 5.74) is 1.26. The third-order valence-electron chi connectivity index (χ3n) is 5.40. The number of methoxy groups -OCH3 is 1. The molecule has 2 fully saturated rings. The van der Waals surface area contributed by atoms with Crippen LogP contribution in [-0.4, -0.2) is 48.0 Å². The van der Waals surface area contributed by atoms with Gasteiger partial charge in [-0.05, 0) is 37.0 Å². The Balaban J connectivity index is 1.31. The van der Waals surface area contributed by atoms with Crippen LogP contribution >= 0.6 is 0 Å². The van der Waals surface area contributed by atoms with E-state index in [0.29, 0.717) is 5.92 Å². The van der Waals surface area contributed by atoms with Crippen LogP contribution in [0, 0.1) is 0 Å². The molecule has 0 bridgehead atoms. The van der Waals surface area contributed by atoms with Gasteiger partial charge in [0.25, 0.3) is 0 Å². The zero-order chi connectivity index (χ0) is 17.8. The molecule has 26 heavy (non-hydrogen) atoms. The summed E-state index contributed by atoms with van der Waals surface area (Å²) in [4.78, 5) is 7.00. The summed E-state index contributed by atoms with van der Waals surface area (Å²) in [7, 11) is 1.69. The first-order valence-corrected chi connectivity index (χ1v) is 9.59. The molecule has 0 amide bonds. The number of benzene rings is 1. The highest BCUT2D eigenvalue weighted by molar-refractivity contribution is 5.27. The number of aromatic nitrogens is 2. The molecular weight excluding hydrogens is 330 g/mol. The van der Waals surface area contributed by atoms with Crippen LogP contribution in [0.5, 0.6) is 5.75 Å². The molecule has 2 aromatic rings. The highest BCUT2D eigenvalue weighted by atomic mass is 16.5. The average molecular weight is 357 g/mol. The molecule has 1 aromatic heterocycles. The topological polar surface area (TPSA) is 60.6 Å². The maximum Gasteiger partial charge on any atom is 0.229 e. The van der Waals surface area contributed by atoms with Crippen molar-refractivity contribution < 1.29 is 14.0 Å². The van der Waals surface area contributed by atoms with E-state index in [1.54, 1.807) is 7.11 Å². The Bertz CT molecular complexity index is 695. The molecule has 2 heterocycles. The summed E-state index contributed by atoms with van der Waals surface area (Å²) in [5, 5.41) is 4.20. The molecule has 1 aliphatic heterocycles. The highest BCUT2D eigenvalue weighted by Crippen LogP contribution is 2.33. The van der Waals surface area contributed by atoms with Crippen LogP contribution in [0.2, 0.25) is 0 Å². The fourth-order valence-corrected chi connectivity index (χ4v) is 3.94. The van der Waals surface area contributed by atoms with Crippen LogP contribution in [0.4, 0.5) is 0 Å². The van der Waals surface area contributed by atoms with Crippen molar-refractivity contribution >= 4 is 0 Å². The molecule has 4 rings (SSSR count). The van der Waals surface area contributed by atoms with Gasteiger partial charge in [0.2, 0.25) is 5.89 Å². The van der Waals surface area contributed by atoms with E-state index in [9.17, 15) is 0 Å². The average Bonchev–Trinajstić information content (AvgIpc) is 3.34. The van der Waals surface area contributed by atoms with Crippen LogP contribution in [0.3, 0.4) is 0 Å². The van der Waals surface area contributed by atoms with Crippen molar-refractivity contribution in [3.8, 4) is 5.75 Å². The van der Waals surface area contributed by atoms with Gasteiger partial charge in [-0.2, -0.15) is 4.98 Å². The van der Waals surface area contributed by atoms with Crippen molar-refractivity contribution in [3.05, 3.63) is 41.5 Å². The number of rotatable bonds is 6. The Morgan fingerprint density at radius 1 is 1.19 bits per heavy atom. The minimum Gasteiger partial charge on any atom is -0.497 e. The van der Waals surface area contributed by atoms with E-state index < -0.39 is 0 Å². The van der Waals surface area contributed by atoms with E-state index in [-0.39, 0.29) is 6.10 Å². The zero-order valence-electron chi connectivity index (χ0n) is 15.4. The van der Waals surface area contributed by atoms with E-state index in [2.05, 4.69) is 27.2 Å². The number of nitrogens with zero attached hydrogens (tertiary/aromatic N) is 3. The van der Waals surface area contributed by atoms with E-state index >= 15 is 0 Å². The standard InChI is InChI=1S/C20H27N3O3/c1-24-17-8-6-15(7-9-17)12-18-13-23(10-11-25-18)14-19-21-20(26-22-19)16-4-2-3-5-16/h6-9,16,18H,2-5,10-14H2,1H3/t18-/m0/s1. The summed E-state index contributed by atoms with van der Waals surface area (Å²) >= 11 is 0. The number of morpholine rings is 1. The molecule has 6 nitrogen and oxygen atoms in total. The predicted molar refractivity (Wildman–Crippen MR) is 97.2 cm³/mol. The second kappa shape index (κ2) is 8.18. The lowest BCUT2D eigenvalue weighted by molar-refractivity contribution is -0.0314. The number of hydrogen-bond acceptors (Lipinski definition) is 6. The van der Waals surface area contributed by atoms with Crippen molar-refractivity contribution in [2.45, 2.75) is 50.7 Å². The maximum atomic E-state index is 5.96. The van der Waals surface area contributed by atoms with E-state index in [1.165, 1.54) is 31.2 Å². The minimum absolute atomic E-state index is 0.193. The first-order chi connectivity index (χ1) is 12.8. The normalized spacial score (nSPS) is 22.0. The summed E-state index contributed by atoms with van der Waals surface area (Å²) < 4.78 is 16.7. The molecule has 0 spiro atoms. The minimum atomic E-state index is 0.193. The first kappa shape index (κ1) is 17.5. The molecular formula is C20H27N3O3. The van der Waals surface area contributed by atoms with Gasteiger partial charge in [0.15, 0.2) is 5.82 Å². The first-order valence-electron chi connectivity index (χ1n) is 9.59. The van der Waals surface area contributed by atoms with Gasteiger partial charge in [-0.1, -0.05) is 30.1 Å². The molecule has 1 atom stereocenters. The van der Waals surface area contributed by atoms with E-state index in [4.69, 9.17) is 14.0 Å². The smallest absolute Gasteiger partial charge is 0.229 e. The molecule has 0 radical (unpaired) electrons. The monoisotopic (exact) mass is 357 g/mol. The van der Waals surface area contributed by atoms with Gasteiger partial charge >= 0.3 is 0 Å². The van der Waals surface area contributed by atoms with Crippen molar-refractivity contribution in [2.75, 3.05) is 26.8 Å². The summed E-state index contributed by atoms with van der Waals surface area (Å²) in [5.74, 6) is 3.00. The van der Waals surface area contributed by atoms with Gasteiger partial charge in [0, 0.05) is 19.0 Å². The van der Waals surface area contributed by atoms with Gasteiger partial charge in [0.1, 0.15) is 5.75 Å². The number of hydrogen-bond donors (Lipinski definition) is 0. The fraction of sp³-hybridized carbons (Fsp3) is 0.600. The molecule has 140 valence electrons. The van der Waals surface area contributed by atoms with Crippen molar-refractivity contribution in [1.82, 2.24) is 15.0 Å². The van der Waals surface area contributed by atoms with Crippen LogP contribution < -0.4 is 4.74 Å². The van der Waals surface area contributed by atoms with Crippen LogP contribution in [0.15, 0.2) is 28.8 Å². The van der Waals surface area contributed by atoms with Gasteiger partial charge in [0.05, 0.1) is 26.4 Å². The summed E-state index contributed by atoms with van der Waals surface area (Å²) in [6, 6.07) is 8.21. The molecule has 1 aromatic carbocycles. The fourth-order valence-electron chi connectivity index (χ4n) is 3.94. The lowest BCUT2D eigenvalue weighted by atomic mass is 10.1. The highest BCUT2D eigenvalue weighted by Gasteiger charge is 2.25. The van der Waals surface area contributed by atoms with Gasteiger partial charge < -0.3 is 14.0 Å². The van der Waals surface area contributed by atoms with Gasteiger partial charge in [-0.15, -0.1) is 0 Å². The van der Waals surface area contributed by atoms with E-state index in [1.807, 2.05) is 12.1 Å². The Kier molecular flexibility index (Phi) is 5.51. The van der Waals surface area contributed by atoms with Crippen LogP contribution in [0.25, 0.3) is 0 Å². The van der Waals surface area contributed by atoms with Crippen LogP contribution in [0.1, 0.15) is 48.9 Å². The zero-order valence-corrected chi connectivity index (χ0v) is 15.4. The second-order valence-corrected chi connectivity index (χ2v) is 7.31. The SMILES string of the molecule is COc1ccc(C[C@H]2CN(Cc3noc(C4CCCC4)n3)CCO2)cc1. The quantitative estimate of drug-likeness (QED) is 0.791. The molecule has 1 saturated heterocycles. The largest absolute Gasteiger partial charge is 0.497 e. The molecule has 6 heteroatoms. The number of ether oxygens (including phenoxy) is 2. The van der Waals surface area contributed by atoms with Crippen LogP contribution in [-0.2, 0) is 17.7 Å². The third kappa shape index (κ3) is 4.24. The van der Waals surface area contributed by atoms with Gasteiger partial charge in [-0.25, -0.2) is 0 Å². The Hall–Kier alpha value is -1.92. The van der Waals surface area contributed by atoms with Gasteiger partial charge in [-0.3, -0.25) is 4.90 Å².